The summed E-state index contributed by atoms with van der Waals surface area (Å²) in [7, 11) is 0. The van der Waals surface area contributed by atoms with Gasteiger partial charge in [-0.25, -0.2) is 0 Å². The fourth-order valence-corrected chi connectivity index (χ4v) is 3.53. The second-order valence-corrected chi connectivity index (χ2v) is 9.30. The Morgan fingerprint density at radius 2 is 1.74 bits per heavy atom. The van der Waals surface area contributed by atoms with Gasteiger partial charge in [0.1, 0.15) is 0 Å². The lowest BCUT2D eigenvalue weighted by Gasteiger charge is -2.05. The number of alkyl halides is 2. The van der Waals surface area contributed by atoms with E-state index in [1.165, 1.54) is 44.1 Å². The van der Waals surface area contributed by atoms with E-state index in [1.807, 2.05) is 6.07 Å². The van der Waals surface area contributed by atoms with Crippen LogP contribution >= 0.6 is 31.9 Å². The molecule has 0 radical (unpaired) electrons. The SMILES string of the molecule is BrC1(Br)CC1CCCCCCOCc1ccccc1. The highest BCUT2D eigenvalue weighted by Gasteiger charge is 2.49. The van der Waals surface area contributed by atoms with Gasteiger partial charge in [0.05, 0.1) is 9.84 Å². The van der Waals surface area contributed by atoms with Crippen molar-refractivity contribution in [1.82, 2.24) is 0 Å². The maximum absolute atomic E-state index is 5.68. The number of halogens is 2. The quantitative estimate of drug-likeness (QED) is 0.391. The van der Waals surface area contributed by atoms with E-state index in [0.717, 1.165) is 19.1 Å². The summed E-state index contributed by atoms with van der Waals surface area (Å²) in [5, 5.41) is 0. The van der Waals surface area contributed by atoms with Crippen LogP contribution in [0.5, 0.6) is 0 Å². The maximum atomic E-state index is 5.68. The topological polar surface area (TPSA) is 9.23 Å². The van der Waals surface area contributed by atoms with Crippen molar-refractivity contribution < 1.29 is 4.74 Å². The van der Waals surface area contributed by atoms with Crippen molar-refractivity contribution in [2.24, 2.45) is 5.92 Å². The van der Waals surface area contributed by atoms with Gasteiger partial charge in [-0.1, -0.05) is 81.5 Å². The molecule has 1 fully saturated rings. The molecule has 0 saturated heterocycles. The van der Waals surface area contributed by atoms with Crippen molar-refractivity contribution in [3.05, 3.63) is 35.9 Å². The molecule has 0 heterocycles. The van der Waals surface area contributed by atoms with Gasteiger partial charge in [-0.2, -0.15) is 0 Å². The first-order chi connectivity index (χ1) is 9.18. The van der Waals surface area contributed by atoms with Crippen molar-refractivity contribution >= 4 is 31.9 Å². The Bertz CT molecular complexity index is 364. The summed E-state index contributed by atoms with van der Waals surface area (Å²) in [6.45, 7) is 1.64. The van der Waals surface area contributed by atoms with E-state index in [1.54, 1.807) is 0 Å². The molecule has 1 aromatic carbocycles. The van der Waals surface area contributed by atoms with Crippen LogP contribution in [0.2, 0.25) is 0 Å². The third-order valence-corrected chi connectivity index (χ3v) is 5.60. The fourth-order valence-electron chi connectivity index (χ4n) is 2.30. The van der Waals surface area contributed by atoms with Crippen molar-refractivity contribution in [1.29, 1.82) is 0 Å². The molecule has 19 heavy (non-hydrogen) atoms. The first-order valence-electron chi connectivity index (χ1n) is 7.18. The molecular formula is C16H22Br2O. The Morgan fingerprint density at radius 3 is 2.42 bits per heavy atom. The zero-order valence-electron chi connectivity index (χ0n) is 11.3. The lowest BCUT2D eigenvalue weighted by atomic mass is 10.1. The molecule has 1 aliphatic rings. The highest BCUT2D eigenvalue weighted by Crippen LogP contribution is 2.58. The van der Waals surface area contributed by atoms with Crippen LogP contribution in [0.1, 0.15) is 44.1 Å². The molecule has 0 bridgehead atoms. The standard InChI is InChI=1S/C16H22Br2O/c17-16(18)12-15(16)10-6-1-2-7-11-19-13-14-8-4-3-5-9-14/h3-5,8-9,15H,1-2,6-7,10-13H2. The molecule has 106 valence electrons. The maximum Gasteiger partial charge on any atom is 0.0837 e. The minimum atomic E-state index is 0.290. The highest BCUT2D eigenvalue weighted by molar-refractivity contribution is 9.25. The van der Waals surface area contributed by atoms with Gasteiger partial charge in [-0.15, -0.1) is 0 Å². The van der Waals surface area contributed by atoms with Crippen LogP contribution in [0.15, 0.2) is 30.3 Å². The van der Waals surface area contributed by atoms with Gasteiger partial charge in [-0.3, -0.25) is 0 Å². The first-order valence-corrected chi connectivity index (χ1v) is 8.76. The molecule has 1 saturated carbocycles. The molecule has 1 aliphatic carbocycles. The number of hydrogen-bond acceptors (Lipinski definition) is 1. The number of benzene rings is 1. The summed E-state index contributed by atoms with van der Waals surface area (Å²) in [6.07, 6.45) is 7.79. The molecule has 0 aliphatic heterocycles. The fraction of sp³-hybridized carbons (Fsp3) is 0.625. The van der Waals surface area contributed by atoms with Crippen LogP contribution < -0.4 is 0 Å². The Balaban J connectivity index is 1.39. The summed E-state index contributed by atoms with van der Waals surface area (Å²) in [4.78, 5) is 0. The minimum absolute atomic E-state index is 0.290. The van der Waals surface area contributed by atoms with Crippen LogP contribution in [-0.4, -0.2) is 9.84 Å². The van der Waals surface area contributed by atoms with Gasteiger partial charge in [0.25, 0.3) is 0 Å². The smallest absolute Gasteiger partial charge is 0.0837 e. The third-order valence-electron chi connectivity index (χ3n) is 3.66. The molecule has 0 aromatic heterocycles. The van der Waals surface area contributed by atoms with Crippen molar-refractivity contribution in [2.75, 3.05) is 6.61 Å². The summed E-state index contributed by atoms with van der Waals surface area (Å²) in [5.74, 6) is 0.849. The van der Waals surface area contributed by atoms with E-state index >= 15 is 0 Å². The molecule has 3 heteroatoms. The molecule has 2 rings (SSSR count). The highest BCUT2D eigenvalue weighted by atomic mass is 79.9. The predicted molar refractivity (Wildman–Crippen MR) is 87.9 cm³/mol. The molecule has 0 N–H and O–H groups in total. The predicted octanol–water partition coefficient (Wildman–Crippen LogP) is 5.66. The Hall–Kier alpha value is 0.140. The van der Waals surface area contributed by atoms with Gasteiger partial charge in [-0.05, 0) is 30.7 Å². The van der Waals surface area contributed by atoms with E-state index in [9.17, 15) is 0 Å². The van der Waals surface area contributed by atoms with Gasteiger partial charge in [0.2, 0.25) is 0 Å². The Kier molecular flexibility index (Phi) is 6.37. The van der Waals surface area contributed by atoms with Crippen LogP contribution in [0, 0.1) is 5.92 Å². The average molecular weight is 390 g/mol. The third kappa shape index (κ3) is 5.97. The number of ether oxygens (including phenoxy) is 1. The van der Waals surface area contributed by atoms with Crippen LogP contribution in [0.3, 0.4) is 0 Å². The summed E-state index contributed by atoms with van der Waals surface area (Å²) in [6, 6.07) is 10.4. The number of unbranched alkanes of at least 4 members (excludes halogenated alkanes) is 3. The Labute approximate surface area is 133 Å². The number of hydrogen-bond donors (Lipinski definition) is 0. The monoisotopic (exact) mass is 388 g/mol. The lowest BCUT2D eigenvalue weighted by molar-refractivity contribution is 0.116. The van der Waals surface area contributed by atoms with Crippen molar-refractivity contribution in [2.45, 2.75) is 48.4 Å². The van der Waals surface area contributed by atoms with Crippen molar-refractivity contribution in [3.63, 3.8) is 0 Å². The molecule has 0 spiro atoms. The molecule has 1 aromatic rings. The van der Waals surface area contributed by atoms with Crippen LogP contribution in [0.25, 0.3) is 0 Å². The summed E-state index contributed by atoms with van der Waals surface area (Å²) in [5.41, 5.74) is 1.27. The number of rotatable bonds is 9. The van der Waals surface area contributed by atoms with E-state index in [4.69, 9.17) is 4.74 Å². The summed E-state index contributed by atoms with van der Waals surface area (Å²) >= 11 is 7.35. The first kappa shape index (κ1) is 15.5. The largest absolute Gasteiger partial charge is 0.377 e. The molecule has 1 nitrogen and oxygen atoms in total. The minimum Gasteiger partial charge on any atom is -0.377 e. The van der Waals surface area contributed by atoms with Crippen LogP contribution in [0.4, 0.5) is 0 Å². The van der Waals surface area contributed by atoms with Crippen LogP contribution in [-0.2, 0) is 11.3 Å². The lowest BCUT2D eigenvalue weighted by Crippen LogP contribution is -1.95. The van der Waals surface area contributed by atoms with Gasteiger partial charge in [0.15, 0.2) is 0 Å². The van der Waals surface area contributed by atoms with E-state index in [-0.39, 0.29) is 0 Å². The summed E-state index contributed by atoms with van der Waals surface area (Å²) < 4.78 is 5.97. The van der Waals surface area contributed by atoms with Gasteiger partial charge < -0.3 is 4.74 Å². The second kappa shape index (κ2) is 7.80. The zero-order valence-corrected chi connectivity index (χ0v) is 14.5. The molecule has 0 amide bonds. The van der Waals surface area contributed by atoms with E-state index < -0.39 is 0 Å². The van der Waals surface area contributed by atoms with Crippen molar-refractivity contribution in [3.8, 4) is 0 Å². The average Bonchev–Trinajstić information content (AvgIpc) is 3.01. The van der Waals surface area contributed by atoms with Gasteiger partial charge >= 0.3 is 0 Å². The normalized spacial score (nSPS) is 20.4. The van der Waals surface area contributed by atoms with E-state index in [2.05, 4.69) is 56.1 Å². The molecule has 1 unspecified atom stereocenters. The zero-order chi connectivity index (χ0) is 13.6. The van der Waals surface area contributed by atoms with E-state index in [0.29, 0.717) is 3.23 Å². The molecular weight excluding hydrogens is 368 g/mol. The second-order valence-electron chi connectivity index (χ2n) is 5.40. The van der Waals surface area contributed by atoms with Gasteiger partial charge in [0, 0.05) is 6.61 Å². The Morgan fingerprint density at radius 1 is 1.05 bits per heavy atom. The molecule has 1 atom stereocenters.